The number of carbonyl (C=O) groups excluding carboxylic acids is 2. The summed E-state index contributed by atoms with van der Waals surface area (Å²) in [7, 11) is 0. The summed E-state index contributed by atoms with van der Waals surface area (Å²) in [4.78, 5) is 29.2. The maximum atomic E-state index is 12.7. The van der Waals surface area contributed by atoms with Gasteiger partial charge in [0.15, 0.2) is 0 Å². The van der Waals surface area contributed by atoms with Crippen molar-refractivity contribution in [3.8, 4) is 0 Å². The van der Waals surface area contributed by atoms with Crippen molar-refractivity contribution in [3.05, 3.63) is 35.9 Å². The van der Waals surface area contributed by atoms with Gasteiger partial charge in [0.25, 0.3) is 0 Å². The van der Waals surface area contributed by atoms with E-state index in [1.165, 1.54) is 5.56 Å². The molecule has 25 heavy (non-hydrogen) atoms. The summed E-state index contributed by atoms with van der Waals surface area (Å²) in [5, 5.41) is 0. The standard InChI is InChI=1S/C20H28N2O3/c1-16(17-6-3-2-4-7-17)14-19(23)22-9-5-8-18(15-22)20(24)21-10-12-25-13-11-21/h2-4,6-7,16,18H,5,8-15H2,1H3. The quantitative estimate of drug-likeness (QED) is 0.842. The summed E-state index contributed by atoms with van der Waals surface area (Å²) in [5.41, 5.74) is 1.19. The fourth-order valence-corrected chi connectivity index (χ4v) is 3.74. The molecule has 2 aliphatic rings. The van der Waals surface area contributed by atoms with E-state index in [9.17, 15) is 9.59 Å². The lowest BCUT2D eigenvalue weighted by atomic mass is 9.93. The van der Waals surface area contributed by atoms with Gasteiger partial charge in [0, 0.05) is 32.6 Å². The summed E-state index contributed by atoms with van der Waals surface area (Å²) in [6.07, 6.45) is 2.29. The van der Waals surface area contributed by atoms with Crippen LogP contribution in [0.2, 0.25) is 0 Å². The van der Waals surface area contributed by atoms with Crippen LogP contribution in [-0.2, 0) is 14.3 Å². The summed E-state index contributed by atoms with van der Waals surface area (Å²) in [6.45, 7) is 6.02. The lowest BCUT2D eigenvalue weighted by molar-refractivity contribution is -0.144. The van der Waals surface area contributed by atoms with Crippen LogP contribution in [0.5, 0.6) is 0 Å². The van der Waals surface area contributed by atoms with E-state index in [1.54, 1.807) is 0 Å². The highest BCUT2D eigenvalue weighted by molar-refractivity contribution is 5.81. The van der Waals surface area contributed by atoms with Gasteiger partial charge in [0.1, 0.15) is 0 Å². The molecule has 2 aliphatic heterocycles. The first kappa shape index (κ1) is 17.9. The Bertz CT molecular complexity index is 584. The molecule has 2 amide bonds. The van der Waals surface area contributed by atoms with E-state index < -0.39 is 0 Å². The van der Waals surface area contributed by atoms with Gasteiger partial charge in [-0.3, -0.25) is 9.59 Å². The molecular weight excluding hydrogens is 316 g/mol. The Morgan fingerprint density at radius 1 is 1.12 bits per heavy atom. The first-order chi connectivity index (χ1) is 12.1. The molecule has 0 saturated carbocycles. The average molecular weight is 344 g/mol. The van der Waals surface area contributed by atoms with Crippen LogP contribution in [0.3, 0.4) is 0 Å². The van der Waals surface area contributed by atoms with Crippen LogP contribution in [-0.4, -0.2) is 61.0 Å². The average Bonchev–Trinajstić information content (AvgIpc) is 2.68. The minimum atomic E-state index is -0.0529. The Morgan fingerprint density at radius 3 is 2.56 bits per heavy atom. The number of morpholine rings is 1. The van der Waals surface area contributed by atoms with Crippen LogP contribution in [0.4, 0.5) is 0 Å². The van der Waals surface area contributed by atoms with Crippen molar-refractivity contribution in [1.82, 2.24) is 9.80 Å². The van der Waals surface area contributed by atoms with Gasteiger partial charge in [-0.2, -0.15) is 0 Å². The van der Waals surface area contributed by atoms with Crippen LogP contribution < -0.4 is 0 Å². The number of nitrogens with zero attached hydrogens (tertiary/aromatic N) is 2. The van der Waals surface area contributed by atoms with Crippen LogP contribution in [0, 0.1) is 5.92 Å². The smallest absolute Gasteiger partial charge is 0.227 e. The minimum Gasteiger partial charge on any atom is -0.378 e. The van der Waals surface area contributed by atoms with Crippen molar-refractivity contribution >= 4 is 11.8 Å². The number of hydrogen-bond donors (Lipinski definition) is 0. The van der Waals surface area contributed by atoms with E-state index in [0.29, 0.717) is 39.3 Å². The van der Waals surface area contributed by atoms with E-state index in [2.05, 4.69) is 19.1 Å². The van der Waals surface area contributed by atoms with E-state index in [1.807, 2.05) is 28.0 Å². The predicted octanol–water partition coefficient (Wildman–Crippen LogP) is 2.28. The van der Waals surface area contributed by atoms with Gasteiger partial charge < -0.3 is 14.5 Å². The topological polar surface area (TPSA) is 49.9 Å². The molecule has 2 unspecified atom stereocenters. The molecule has 2 heterocycles. The van der Waals surface area contributed by atoms with Crippen LogP contribution in [0.25, 0.3) is 0 Å². The monoisotopic (exact) mass is 344 g/mol. The number of rotatable bonds is 4. The first-order valence-electron chi connectivity index (χ1n) is 9.34. The molecule has 5 heteroatoms. The highest BCUT2D eigenvalue weighted by Crippen LogP contribution is 2.24. The van der Waals surface area contributed by atoms with Crippen LogP contribution in [0.1, 0.15) is 37.7 Å². The Balaban J connectivity index is 1.55. The van der Waals surface area contributed by atoms with Crippen molar-refractivity contribution in [2.45, 2.75) is 32.1 Å². The molecule has 0 radical (unpaired) electrons. The van der Waals surface area contributed by atoms with Crippen LogP contribution in [0.15, 0.2) is 30.3 Å². The largest absolute Gasteiger partial charge is 0.378 e. The molecular formula is C20H28N2O3. The third kappa shape index (κ3) is 4.60. The van der Waals surface area contributed by atoms with Gasteiger partial charge in [-0.15, -0.1) is 0 Å². The SMILES string of the molecule is CC(CC(=O)N1CCCC(C(=O)N2CCOCC2)C1)c1ccccc1. The zero-order chi connectivity index (χ0) is 17.6. The number of ether oxygens (including phenoxy) is 1. The first-order valence-corrected chi connectivity index (χ1v) is 9.34. The molecule has 3 rings (SSSR count). The van der Waals surface area contributed by atoms with E-state index in [-0.39, 0.29) is 23.7 Å². The Morgan fingerprint density at radius 2 is 1.84 bits per heavy atom. The van der Waals surface area contributed by atoms with Crippen LogP contribution >= 0.6 is 0 Å². The van der Waals surface area contributed by atoms with Crippen molar-refractivity contribution in [2.75, 3.05) is 39.4 Å². The van der Waals surface area contributed by atoms with E-state index in [4.69, 9.17) is 4.74 Å². The highest BCUT2D eigenvalue weighted by Gasteiger charge is 2.32. The van der Waals surface area contributed by atoms with Gasteiger partial charge in [0.05, 0.1) is 19.1 Å². The molecule has 2 saturated heterocycles. The highest BCUT2D eigenvalue weighted by atomic mass is 16.5. The lowest BCUT2D eigenvalue weighted by Crippen LogP contribution is -2.49. The van der Waals surface area contributed by atoms with Gasteiger partial charge in [-0.1, -0.05) is 37.3 Å². The molecule has 2 atom stereocenters. The number of piperidine rings is 1. The summed E-state index contributed by atoms with van der Waals surface area (Å²) in [6, 6.07) is 10.1. The Kier molecular flexibility index (Phi) is 6.08. The van der Waals surface area contributed by atoms with Gasteiger partial charge >= 0.3 is 0 Å². The zero-order valence-corrected chi connectivity index (χ0v) is 15.0. The molecule has 1 aromatic rings. The van der Waals surface area contributed by atoms with Crippen molar-refractivity contribution in [3.63, 3.8) is 0 Å². The molecule has 136 valence electrons. The van der Waals surface area contributed by atoms with Gasteiger partial charge in [-0.05, 0) is 24.3 Å². The molecule has 0 spiro atoms. The van der Waals surface area contributed by atoms with Gasteiger partial charge in [-0.25, -0.2) is 0 Å². The molecule has 5 nitrogen and oxygen atoms in total. The summed E-state index contributed by atoms with van der Waals surface area (Å²) < 4.78 is 5.32. The summed E-state index contributed by atoms with van der Waals surface area (Å²) in [5.74, 6) is 0.500. The number of carbonyl (C=O) groups is 2. The zero-order valence-electron chi connectivity index (χ0n) is 15.0. The maximum absolute atomic E-state index is 12.7. The van der Waals surface area contributed by atoms with E-state index in [0.717, 1.165) is 19.4 Å². The lowest BCUT2D eigenvalue weighted by Gasteiger charge is -2.36. The second kappa shape index (κ2) is 8.48. The Labute approximate surface area is 149 Å². The fraction of sp³-hybridized carbons (Fsp3) is 0.600. The van der Waals surface area contributed by atoms with Crippen molar-refractivity contribution < 1.29 is 14.3 Å². The molecule has 1 aromatic carbocycles. The van der Waals surface area contributed by atoms with E-state index >= 15 is 0 Å². The van der Waals surface area contributed by atoms with Gasteiger partial charge in [0.2, 0.25) is 11.8 Å². The number of likely N-dealkylation sites (tertiary alicyclic amines) is 1. The third-order valence-corrected chi connectivity index (χ3v) is 5.30. The molecule has 0 N–H and O–H groups in total. The number of amides is 2. The summed E-state index contributed by atoms with van der Waals surface area (Å²) >= 11 is 0. The molecule has 0 aromatic heterocycles. The Hall–Kier alpha value is -1.88. The molecule has 0 aliphatic carbocycles. The fourth-order valence-electron chi connectivity index (χ4n) is 3.74. The second-order valence-electron chi connectivity index (χ2n) is 7.13. The normalized spacial score (nSPS) is 22.5. The molecule has 0 bridgehead atoms. The predicted molar refractivity (Wildman–Crippen MR) is 96.2 cm³/mol. The number of hydrogen-bond acceptors (Lipinski definition) is 3. The third-order valence-electron chi connectivity index (χ3n) is 5.30. The number of benzene rings is 1. The van der Waals surface area contributed by atoms with Crippen molar-refractivity contribution in [2.24, 2.45) is 5.92 Å². The second-order valence-corrected chi connectivity index (χ2v) is 7.13. The maximum Gasteiger partial charge on any atom is 0.227 e. The minimum absolute atomic E-state index is 0.0529. The van der Waals surface area contributed by atoms with Crippen molar-refractivity contribution in [1.29, 1.82) is 0 Å². The molecule has 2 fully saturated rings.